The molecule has 0 spiro atoms. The number of nitrogens with one attached hydrogen (secondary N) is 3. The molecule has 0 bridgehead atoms. The Morgan fingerprint density at radius 2 is 1.62 bits per heavy atom. The van der Waals surface area contributed by atoms with Crippen LogP contribution in [0.1, 0.15) is 96.1 Å². The Morgan fingerprint density at radius 3 is 2.23 bits per heavy atom. The quantitative estimate of drug-likeness (QED) is 0.214. The number of anilines is 2. The molecule has 2 saturated heterocycles. The fourth-order valence-electron chi connectivity index (χ4n) is 7.18. The smallest absolute Gasteiger partial charge is 0.342 e. The first-order chi connectivity index (χ1) is 24.8. The predicted octanol–water partition coefficient (Wildman–Crippen LogP) is 8.31. The predicted molar refractivity (Wildman–Crippen MR) is 197 cm³/mol. The maximum atomic E-state index is 13.3. The Bertz CT molecular complexity index is 1520. The van der Waals surface area contributed by atoms with Gasteiger partial charge >= 0.3 is 18.2 Å². The third-order valence-electron chi connectivity index (χ3n) is 9.98. The zero-order valence-corrected chi connectivity index (χ0v) is 31.1. The number of ketones is 1. The lowest BCUT2D eigenvalue weighted by Crippen LogP contribution is -2.52. The van der Waals surface area contributed by atoms with Gasteiger partial charge in [-0.3, -0.25) is 9.59 Å². The van der Waals surface area contributed by atoms with Crippen LogP contribution < -0.4 is 16.0 Å². The largest absolute Gasteiger partial charge is 0.418 e. The van der Waals surface area contributed by atoms with Crippen molar-refractivity contribution in [1.29, 1.82) is 0 Å². The van der Waals surface area contributed by atoms with Gasteiger partial charge in [0.2, 0.25) is 5.91 Å². The van der Waals surface area contributed by atoms with Gasteiger partial charge in [0, 0.05) is 42.4 Å². The molecule has 0 unspecified atom stereocenters. The number of amides is 5. The number of Topliss-reactive ketones (excluding diaryl/α,β-unsaturated/α-hetero) is 1. The third-order valence-corrected chi connectivity index (χ3v) is 10.2. The first kappa shape index (κ1) is 40.9. The van der Waals surface area contributed by atoms with Crippen molar-refractivity contribution in [2.45, 2.75) is 116 Å². The van der Waals surface area contributed by atoms with Gasteiger partial charge in [0.05, 0.1) is 23.7 Å². The van der Waals surface area contributed by atoms with E-state index in [-0.39, 0.29) is 29.4 Å². The maximum Gasteiger partial charge on any atom is 0.418 e. The Morgan fingerprint density at radius 1 is 0.962 bits per heavy atom. The van der Waals surface area contributed by atoms with Crippen molar-refractivity contribution in [2.24, 2.45) is 0 Å². The van der Waals surface area contributed by atoms with E-state index in [2.05, 4.69) is 34.7 Å². The second-order valence-electron chi connectivity index (χ2n) is 13.8. The minimum atomic E-state index is -4.77. The number of rotatable bonds is 11. The summed E-state index contributed by atoms with van der Waals surface area (Å²) in [6, 6.07) is 8.75. The summed E-state index contributed by atoms with van der Waals surface area (Å²) in [7, 11) is 0. The number of halogens is 4. The molecular formula is C38H52ClF3N6O4. The number of carbonyl (C=O) groups excluding carboxylic acids is 4. The number of hydrogen-bond acceptors (Lipinski definition) is 5. The fourth-order valence-corrected chi connectivity index (χ4v) is 7.35. The van der Waals surface area contributed by atoms with Gasteiger partial charge in [-0.05, 0) is 88.4 Å². The van der Waals surface area contributed by atoms with Crippen molar-refractivity contribution in [2.75, 3.05) is 36.8 Å². The van der Waals surface area contributed by atoms with Crippen molar-refractivity contribution in [3.63, 3.8) is 0 Å². The summed E-state index contributed by atoms with van der Waals surface area (Å²) in [5.74, 6) is -0.908. The number of nitrogens with zero attached hydrogens (tertiary/aromatic N) is 3. The van der Waals surface area contributed by atoms with E-state index in [0.29, 0.717) is 38.5 Å². The third kappa shape index (κ3) is 11.6. The molecule has 286 valence electrons. The molecule has 0 aliphatic carbocycles. The molecule has 52 heavy (non-hydrogen) atoms. The van der Waals surface area contributed by atoms with Crippen molar-refractivity contribution >= 4 is 46.7 Å². The standard InChI is InChI=1S/C26H27ClF3N5O4.C12H25N/c1-15(36)22(32-24(38)31-21-7-6-17(27)12-19(21)26(28,29)30)13-23(37)34-10-8-18(9-11-34)35-14-16-4-2-3-5-20(16)33-25(35)39;1-3-8-12(9-4-2)13-10-6-5-7-11-13/h2-7,12,18,22H,8-11,13-14H2,1H3,(H,33,39)(H2,31,32,38);12H,3-11H2,1-2H3/t22-;/m0./s1. The highest BCUT2D eigenvalue weighted by Crippen LogP contribution is 2.36. The van der Waals surface area contributed by atoms with E-state index in [1.165, 1.54) is 71.0 Å². The molecule has 14 heteroatoms. The number of fused-ring (bicyclic) bond motifs is 1. The van der Waals surface area contributed by atoms with Gasteiger partial charge < -0.3 is 30.7 Å². The van der Waals surface area contributed by atoms with E-state index < -0.39 is 35.3 Å². The number of benzene rings is 2. The Hall–Kier alpha value is -3.84. The lowest BCUT2D eigenvalue weighted by Gasteiger charge is -2.40. The van der Waals surface area contributed by atoms with Crippen LogP contribution in [0.15, 0.2) is 42.5 Å². The lowest BCUT2D eigenvalue weighted by atomic mass is 10.00. The second-order valence-corrected chi connectivity index (χ2v) is 14.2. The molecule has 5 rings (SSSR count). The molecule has 10 nitrogen and oxygen atoms in total. The van der Waals surface area contributed by atoms with E-state index in [1.807, 2.05) is 24.3 Å². The second kappa shape index (κ2) is 19.3. The Kier molecular flexibility index (Phi) is 15.2. The van der Waals surface area contributed by atoms with Crippen LogP contribution in [-0.4, -0.2) is 82.8 Å². The van der Waals surface area contributed by atoms with Gasteiger partial charge in [0.25, 0.3) is 0 Å². The molecule has 2 fully saturated rings. The molecule has 2 aromatic rings. The fraction of sp³-hybridized carbons (Fsp3) is 0.579. The first-order valence-corrected chi connectivity index (χ1v) is 18.8. The summed E-state index contributed by atoms with van der Waals surface area (Å²) >= 11 is 5.66. The number of carbonyl (C=O) groups is 4. The van der Waals surface area contributed by atoms with Crippen molar-refractivity contribution in [1.82, 2.24) is 20.0 Å². The summed E-state index contributed by atoms with van der Waals surface area (Å²) < 4.78 is 40.0. The summed E-state index contributed by atoms with van der Waals surface area (Å²) in [5.41, 5.74) is 0.105. The molecule has 3 aliphatic heterocycles. The van der Waals surface area contributed by atoms with Crippen LogP contribution in [0.4, 0.5) is 34.1 Å². The van der Waals surface area contributed by atoms with Crippen molar-refractivity contribution in [3.8, 4) is 0 Å². The molecule has 3 aliphatic rings. The number of urea groups is 2. The van der Waals surface area contributed by atoms with E-state index >= 15 is 0 Å². The van der Waals surface area contributed by atoms with Crippen molar-refractivity contribution in [3.05, 3.63) is 58.6 Å². The highest BCUT2D eigenvalue weighted by molar-refractivity contribution is 6.30. The zero-order chi connectivity index (χ0) is 37.8. The minimum absolute atomic E-state index is 0.0721. The van der Waals surface area contributed by atoms with Gasteiger partial charge in [-0.1, -0.05) is 62.9 Å². The summed E-state index contributed by atoms with van der Waals surface area (Å²) in [6.07, 6.45) is 5.80. The lowest BCUT2D eigenvalue weighted by molar-refractivity contribution is -0.137. The first-order valence-electron chi connectivity index (χ1n) is 18.4. The summed E-state index contributed by atoms with van der Waals surface area (Å²) in [5, 5.41) is 7.11. The van der Waals surface area contributed by atoms with Gasteiger partial charge in [-0.15, -0.1) is 0 Å². The molecule has 2 aromatic carbocycles. The van der Waals surface area contributed by atoms with Crippen LogP contribution in [-0.2, 0) is 22.3 Å². The van der Waals surface area contributed by atoms with E-state index in [9.17, 15) is 32.3 Å². The normalized spacial score (nSPS) is 17.4. The molecule has 3 N–H and O–H groups in total. The topological polar surface area (TPSA) is 114 Å². The van der Waals surface area contributed by atoms with Crippen LogP contribution in [0.5, 0.6) is 0 Å². The Labute approximate surface area is 309 Å². The number of piperidine rings is 2. The van der Waals surface area contributed by atoms with Crippen LogP contribution in [0, 0.1) is 0 Å². The van der Waals surface area contributed by atoms with Crippen LogP contribution >= 0.6 is 11.6 Å². The molecule has 3 heterocycles. The number of hydrogen-bond donors (Lipinski definition) is 3. The average Bonchev–Trinajstić information content (AvgIpc) is 3.12. The van der Waals surface area contributed by atoms with Crippen molar-refractivity contribution < 1.29 is 32.3 Å². The van der Waals surface area contributed by atoms with Crippen LogP contribution in [0.3, 0.4) is 0 Å². The zero-order valence-electron chi connectivity index (χ0n) is 30.4. The Balaban J connectivity index is 0.000000392. The molecule has 1 atom stereocenters. The molecular weight excluding hydrogens is 697 g/mol. The molecule has 0 radical (unpaired) electrons. The van der Waals surface area contributed by atoms with Crippen LogP contribution in [0.2, 0.25) is 5.02 Å². The van der Waals surface area contributed by atoms with Gasteiger partial charge in [-0.2, -0.15) is 13.2 Å². The molecule has 0 aromatic heterocycles. The molecule has 5 amide bonds. The van der Waals surface area contributed by atoms with Gasteiger partial charge in [0.15, 0.2) is 5.78 Å². The average molecular weight is 749 g/mol. The highest BCUT2D eigenvalue weighted by Gasteiger charge is 2.36. The van der Waals surface area contributed by atoms with E-state index in [0.717, 1.165) is 23.4 Å². The maximum absolute atomic E-state index is 13.3. The SMILES string of the molecule is CC(=O)[C@H](CC(=O)N1CCC(N2Cc3ccccc3NC2=O)CC1)NC(=O)Nc1ccc(Cl)cc1C(F)(F)F.CCCC(CCC)N1CCCCC1. The number of para-hydroxylation sites is 1. The monoisotopic (exact) mass is 748 g/mol. The van der Waals surface area contributed by atoms with Crippen LogP contribution in [0.25, 0.3) is 0 Å². The highest BCUT2D eigenvalue weighted by atomic mass is 35.5. The minimum Gasteiger partial charge on any atom is -0.342 e. The van der Waals surface area contributed by atoms with E-state index in [4.69, 9.17) is 11.6 Å². The summed E-state index contributed by atoms with van der Waals surface area (Å²) in [4.78, 5) is 56.2. The molecule has 0 saturated carbocycles. The van der Waals surface area contributed by atoms with E-state index in [1.54, 1.807) is 9.80 Å². The number of alkyl halides is 3. The summed E-state index contributed by atoms with van der Waals surface area (Å²) in [6.45, 7) is 9.71. The van der Waals surface area contributed by atoms with Gasteiger partial charge in [-0.25, -0.2) is 9.59 Å². The number of likely N-dealkylation sites (tertiary alicyclic amines) is 2. The van der Waals surface area contributed by atoms with Gasteiger partial charge in [0.1, 0.15) is 0 Å².